The Hall–Kier alpha value is -1.65. The van der Waals surface area contributed by atoms with Crippen LogP contribution in [-0.4, -0.2) is 310 Å². The summed E-state index contributed by atoms with van der Waals surface area (Å²) >= 11 is 0. The van der Waals surface area contributed by atoms with Crippen molar-refractivity contribution in [2.24, 2.45) is 0 Å². The lowest BCUT2D eigenvalue weighted by Crippen LogP contribution is -2.70. The van der Waals surface area contributed by atoms with Gasteiger partial charge in [0.15, 0.2) is 31.5 Å². The molecule has 0 spiro atoms. The van der Waals surface area contributed by atoms with Gasteiger partial charge in [0.05, 0.1) is 45.2 Å². The molecular formula is C39H67NO29. The van der Waals surface area contributed by atoms with Crippen LogP contribution in [0.5, 0.6) is 0 Å². The molecule has 1 amide bonds. The molecule has 0 radical (unpaired) electrons. The highest BCUT2D eigenvalue weighted by atomic mass is 16.8. The molecule has 30 atom stereocenters. The molecule has 402 valence electrons. The minimum atomic E-state index is -2.19. The number of carbonyl (C=O) groups excluding carboxylic acids is 1. The van der Waals surface area contributed by atoms with E-state index >= 15 is 0 Å². The van der Waals surface area contributed by atoms with Crippen molar-refractivity contribution in [1.82, 2.24) is 5.32 Å². The largest absolute Gasteiger partial charge is 0.394 e. The molecule has 6 saturated heterocycles. The van der Waals surface area contributed by atoms with Crippen molar-refractivity contribution < 1.29 is 144 Å². The predicted octanol–water partition coefficient (Wildman–Crippen LogP) is -11.9. The van der Waals surface area contributed by atoms with E-state index in [0.29, 0.717) is 0 Å². The summed E-state index contributed by atoms with van der Waals surface area (Å²) in [4.78, 5) is 12.8. The molecule has 6 rings (SSSR count). The molecule has 6 aliphatic heterocycles. The molecule has 69 heavy (non-hydrogen) atoms. The third-order valence-electron chi connectivity index (χ3n) is 13.1. The van der Waals surface area contributed by atoms with Crippen molar-refractivity contribution in [2.45, 2.75) is 205 Å². The van der Waals surface area contributed by atoms with E-state index in [1.165, 1.54) is 13.8 Å². The van der Waals surface area contributed by atoms with Gasteiger partial charge in [-0.25, -0.2) is 0 Å². The highest BCUT2D eigenvalue weighted by Gasteiger charge is 2.58. The first-order chi connectivity index (χ1) is 32.6. The van der Waals surface area contributed by atoms with Crippen LogP contribution in [-0.2, 0) is 56.9 Å². The molecule has 0 aromatic rings. The van der Waals surface area contributed by atoms with Gasteiger partial charge in [-0.3, -0.25) is 4.79 Å². The van der Waals surface area contributed by atoms with Crippen molar-refractivity contribution >= 4 is 5.91 Å². The first-order valence-electron chi connectivity index (χ1n) is 22.3. The Balaban J connectivity index is 1.23. The Kier molecular flexibility index (Phi) is 19.8. The minimum Gasteiger partial charge on any atom is -0.394 e. The molecule has 18 N–H and O–H groups in total. The first kappa shape index (κ1) is 56.6. The molecule has 30 nitrogen and oxygen atoms in total. The van der Waals surface area contributed by atoms with Crippen LogP contribution in [0.1, 0.15) is 20.8 Å². The second-order valence-corrected chi connectivity index (χ2v) is 17.8. The molecule has 12 unspecified atom stereocenters. The minimum absolute atomic E-state index is 0.713. The Bertz CT molecular complexity index is 1610. The van der Waals surface area contributed by atoms with Crippen LogP contribution in [0.3, 0.4) is 0 Å². The zero-order valence-corrected chi connectivity index (χ0v) is 37.4. The fourth-order valence-corrected chi connectivity index (χ4v) is 9.04. The van der Waals surface area contributed by atoms with Gasteiger partial charge < -0.3 is 144 Å². The zero-order valence-electron chi connectivity index (χ0n) is 37.4. The molecule has 0 aliphatic carbocycles. The summed E-state index contributed by atoms with van der Waals surface area (Å²) < 4.78 is 63.1. The number of aliphatic hydroxyl groups is 17. The third kappa shape index (κ3) is 11.8. The summed E-state index contributed by atoms with van der Waals surface area (Å²) in [6.45, 7) is -0.875. The van der Waals surface area contributed by atoms with Crippen molar-refractivity contribution in [1.29, 1.82) is 0 Å². The normalized spacial score (nSPS) is 52.1. The van der Waals surface area contributed by atoms with Crippen LogP contribution in [0.15, 0.2) is 0 Å². The fourth-order valence-electron chi connectivity index (χ4n) is 9.04. The smallest absolute Gasteiger partial charge is 0.217 e. The average molecular weight is 1010 g/mol. The van der Waals surface area contributed by atoms with Crippen LogP contribution in [0.25, 0.3) is 0 Å². The van der Waals surface area contributed by atoms with Gasteiger partial charge in [-0.05, 0) is 13.8 Å². The van der Waals surface area contributed by atoms with E-state index in [9.17, 15) is 91.6 Å². The van der Waals surface area contributed by atoms with E-state index in [-0.39, 0.29) is 0 Å². The van der Waals surface area contributed by atoms with Crippen LogP contribution in [0.2, 0.25) is 0 Å². The third-order valence-corrected chi connectivity index (χ3v) is 13.1. The number of hydrogen-bond donors (Lipinski definition) is 18. The summed E-state index contributed by atoms with van der Waals surface area (Å²) in [6, 6.07) is -1.77. The summed E-state index contributed by atoms with van der Waals surface area (Å²) in [6.07, 6.45) is -51.7. The van der Waals surface area contributed by atoms with Gasteiger partial charge in [-0.15, -0.1) is 0 Å². The Morgan fingerprint density at radius 2 is 0.725 bits per heavy atom. The molecule has 0 bridgehead atoms. The summed E-state index contributed by atoms with van der Waals surface area (Å²) in [5.41, 5.74) is 0. The quantitative estimate of drug-likeness (QED) is 0.0682. The van der Waals surface area contributed by atoms with E-state index in [1.54, 1.807) is 0 Å². The van der Waals surface area contributed by atoms with E-state index in [4.69, 9.17) is 52.1 Å². The van der Waals surface area contributed by atoms with Gasteiger partial charge in [0.25, 0.3) is 0 Å². The SMILES string of the molecule is CC(=O)NC1[C@H](O[C@@H]2C(O)[C@H](O[C@H]3C(CO)O[C@@H](O[C@H]4C(CO)O[C@@H](C)C(O)[C@H]4O)C(O)[C@H]3O)OC(CO)[C@@H]2O)OC(CO)[C@H](O)[C@@H]1O[C@@H]1OC(CO)[C@H](O)[C@H](O)C1O[C@@H]1OC(C)[C@H](O)[C@@H](O)C1O. The summed E-state index contributed by atoms with van der Waals surface area (Å²) in [5.74, 6) is -0.852. The Morgan fingerprint density at radius 3 is 1.29 bits per heavy atom. The van der Waals surface area contributed by atoms with Crippen LogP contribution in [0, 0.1) is 0 Å². The maximum Gasteiger partial charge on any atom is 0.217 e. The first-order valence-corrected chi connectivity index (χ1v) is 22.3. The Labute approximate surface area is 392 Å². The van der Waals surface area contributed by atoms with E-state index < -0.39 is 223 Å². The number of ether oxygens (including phenoxy) is 11. The molecule has 30 heteroatoms. The second kappa shape index (κ2) is 24.1. The van der Waals surface area contributed by atoms with E-state index in [2.05, 4.69) is 5.32 Å². The number of carbonyl (C=O) groups is 1. The molecule has 0 saturated carbocycles. The van der Waals surface area contributed by atoms with Crippen molar-refractivity contribution in [3.8, 4) is 0 Å². The fraction of sp³-hybridized carbons (Fsp3) is 0.974. The molecule has 6 heterocycles. The van der Waals surface area contributed by atoms with Gasteiger partial charge in [0.2, 0.25) is 5.91 Å². The average Bonchev–Trinajstić information content (AvgIpc) is 3.32. The number of aliphatic hydroxyl groups excluding tert-OH is 17. The number of amides is 1. The van der Waals surface area contributed by atoms with Gasteiger partial charge in [-0.1, -0.05) is 0 Å². The monoisotopic (exact) mass is 1010 g/mol. The highest BCUT2D eigenvalue weighted by molar-refractivity contribution is 5.73. The topological polar surface area (TPSA) is 475 Å². The predicted molar refractivity (Wildman–Crippen MR) is 213 cm³/mol. The molecule has 6 aliphatic rings. The van der Waals surface area contributed by atoms with Gasteiger partial charge in [0.1, 0.15) is 140 Å². The van der Waals surface area contributed by atoms with Crippen LogP contribution < -0.4 is 5.32 Å². The van der Waals surface area contributed by atoms with Crippen molar-refractivity contribution in [2.75, 3.05) is 33.0 Å². The number of hydrogen-bond acceptors (Lipinski definition) is 29. The highest BCUT2D eigenvalue weighted by Crippen LogP contribution is 2.37. The van der Waals surface area contributed by atoms with E-state index in [0.717, 1.165) is 6.92 Å². The van der Waals surface area contributed by atoms with E-state index in [1.807, 2.05) is 0 Å². The van der Waals surface area contributed by atoms with Gasteiger partial charge >= 0.3 is 0 Å². The lowest BCUT2D eigenvalue weighted by Gasteiger charge is -2.51. The Morgan fingerprint density at radius 1 is 0.362 bits per heavy atom. The maximum absolute atomic E-state index is 12.8. The number of rotatable bonds is 16. The summed E-state index contributed by atoms with van der Waals surface area (Å²) in [5, 5.41) is 185. The van der Waals surface area contributed by atoms with Crippen molar-refractivity contribution in [3.05, 3.63) is 0 Å². The van der Waals surface area contributed by atoms with Crippen molar-refractivity contribution in [3.63, 3.8) is 0 Å². The summed E-state index contributed by atoms with van der Waals surface area (Å²) in [7, 11) is 0. The van der Waals surface area contributed by atoms with Crippen LogP contribution >= 0.6 is 0 Å². The zero-order chi connectivity index (χ0) is 50.9. The van der Waals surface area contributed by atoms with Gasteiger partial charge in [-0.2, -0.15) is 0 Å². The number of nitrogens with one attached hydrogen (secondary N) is 1. The van der Waals surface area contributed by atoms with Crippen LogP contribution in [0.4, 0.5) is 0 Å². The lowest BCUT2D eigenvalue weighted by atomic mass is 9.94. The lowest BCUT2D eigenvalue weighted by molar-refractivity contribution is -0.392. The molecule has 6 fully saturated rings. The second-order valence-electron chi connectivity index (χ2n) is 17.8. The molecule has 0 aromatic heterocycles. The molecule has 0 aromatic carbocycles. The molecular weight excluding hydrogens is 946 g/mol. The van der Waals surface area contributed by atoms with Gasteiger partial charge in [0, 0.05) is 6.92 Å². The maximum atomic E-state index is 12.8. The standard InChI is InChI=1S/C39H67NO29/c1-9-19(48)24(53)30(15(7-44)59-9)65-37-28(57)26(55)31(16(8-45)64-37)66-38-29(58)33(22(51)14(6-43)62-38)68-35-17(40-11(3)46)32(21(50)13(5-42)61-35)67-39-34(25(54)20(49)12(4-41)63-39)69-36-27(56)23(52)18(47)10(2)60-36/h9-10,12-39,41-45,47-58H,4-8H2,1-3H3,(H,40,46)/t9-,10?,12?,13?,14?,15?,16?,17?,18-,19?,20-,21-,22-,23+,24+,25-,26+,27?,28?,29?,30-,31-,32+,33-,34?,35-,36-,37-,38-,39-/m0/s1.